The normalized spacial score (nSPS) is 29.2. The maximum atomic E-state index is 10.8. The molecule has 0 aromatic heterocycles. The van der Waals surface area contributed by atoms with Gasteiger partial charge in [0.2, 0.25) is 0 Å². The highest BCUT2D eigenvalue weighted by atomic mass is 16.4. The first-order valence-electron chi connectivity index (χ1n) is 7.68. The monoisotopic (exact) mass is 253 g/mol. The van der Waals surface area contributed by atoms with Gasteiger partial charge < -0.3 is 5.11 Å². The molecule has 0 aromatic carbocycles. The summed E-state index contributed by atoms with van der Waals surface area (Å²) in [5.74, 6) is 0.260. The van der Waals surface area contributed by atoms with E-state index in [9.17, 15) is 4.79 Å². The van der Waals surface area contributed by atoms with Gasteiger partial charge in [-0.3, -0.25) is 9.69 Å². The average molecular weight is 253 g/mol. The van der Waals surface area contributed by atoms with Gasteiger partial charge >= 0.3 is 5.97 Å². The lowest BCUT2D eigenvalue weighted by molar-refractivity contribution is -0.137. The average Bonchev–Trinajstić information content (AvgIpc) is 3.15. The first kappa shape index (κ1) is 13.9. The molecule has 2 rings (SSSR count). The second kappa shape index (κ2) is 6.55. The van der Waals surface area contributed by atoms with Crippen molar-refractivity contribution in [2.45, 2.75) is 76.8 Å². The molecule has 0 saturated heterocycles. The van der Waals surface area contributed by atoms with Crippen LogP contribution in [0.25, 0.3) is 0 Å². The van der Waals surface area contributed by atoms with E-state index in [1.165, 1.54) is 51.4 Å². The van der Waals surface area contributed by atoms with Gasteiger partial charge in [0.25, 0.3) is 0 Å². The van der Waals surface area contributed by atoms with Crippen molar-refractivity contribution in [2.24, 2.45) is 5.92 Å². The lowest BCUT2D eigenvalue weighted by Crippen LogP contribution is -2.38. The minimum Gasteiger partial charge on any atom is -0.481 e. The number of nitrogens with zero attached hydrogens (tertiary/aromatic N) is 1. The van der Waals surface area contributed by atoms with Crippen LogP contribution in [0, 0.1) is 5.92 Å². The summed E-state index contributed by atoms with van der Waals surface area (Å²) in [5.41, 5.74) is 0. The van der Waals surface area contributed by atoms with Crippen molar-refractivity contribution in [2.75, 3.05) is 6.54 Å². The third-order valence-corrected chi connectivity index (χ3v) is 4.70. The molecule has 0 spiro atoms. The Labute approximate surface area is 111 Å². The fourth-order valence-corrected chi connectivity index (χ4v) is 3.39. The zero-order chi connectivity index (χ0) is 13.0. The number of aliphatic carboxylic acids is 1. The van der Waals surface area contributed by atoms with E-state index in [1.807, 2.05) is 0 Å². The summed E-state index contributed by atoms with van der Waals surface area (Å²) in [6.45, 7) is 3.07. The fraction of sp³-hybridized carbons (Fsp3) is 0.933. The topological polar surface area (TPSA) is 40.5 Å². The summed E-state index contributed by atoms with van der Waals surface area (Å²) < 4.78 is 0. The maximum Gasteiger partial charge on any atom is 0.304 e. The van der Waals surface area contributed by atoms with Gasteiger partial charge in [0.1, 0.15) is 0 Å². The maximum absolute atomic E-state index is 10.8. The van der Waals surface area contributed by atoms with Gasteiger partial charge in [-0.05, 0) is 38.0 Å². The largest absolute Gasteiger partial charge is 0.481 e. The van der Waals surface area contributed by atoms with Crippen molar-refractivity contribution in [1.29, 1.82) is 0 Å². The molecule has 0 aliphatic heterocycles. The Morgan fingerprint density at radius 1 is 1.11 bits per heavy atom. The molecule has 0 aromatic rings. The molecular weight excluding hydrogens is 226 g/mol. The highest BCUT2D eigenvalue weighted by molar-refractivity contribution is 5.66. The lowest BCUT2D eigenvalue weighted by atomic mass is 9.97. The van der Waals surface area contributed by atoms with Gasteiger partial charge in [-0.25, -0.2) is 0 Å². The summed E-state index contributed by atoms with van der Waals surface area (Å²) in [4.78, 5) is 13.3. The Morgan fingerprint density at radius 3 is 2.39 bits per heavy atom. The van der Waals surface area contributed by atoms with Crippen molar-refractivity contribution in [3.05, 3.63) is 0 Å². The van der Waals surface area contributed by atoms with Gasteiger partial charge in [-0.1, -0.05) is 26.2 Å². The number of carbonyl (C=O) groups is 1. The summed E-state index contributed by atoms with van der Waals surface area (Å²) in [5, 5.41) is 8.87. The van der Waals surface area contributed by atoms with Crippen molar-refractivity contribution in [3.63, 3.8) is 0 Å². The first-order valence-corrected chi connectivity index (χ1v) is 7.68. The minimum absolute atomic E-state index is 0.310. The summed E-state index contributed by atoms with van der Waals surface area (Å²) >= 11 is 0. The van der Waals surface area contributed by atoms with Crippen LogP contribution in [0.2, 0.25) is 0 Å². The predicted octanol–water partition coefficient (Wildman–Crippen LogP) is 3.28. The van der Waals surface area contributed by atoms with Gasteiger partial charge in [0.15, 0.2) is 0 Å². The molecule has 104 valence electrons. The van der Waals surface area contributed by atoms with Crippen LogP contribution < -0.4 is 0 Å². The molecule has 0 bridgehead atoms. The Bertz CT molecular complexity index is 276. The Kier molecular flexibility index (Phi) is 5.04. The minimum atomic E-state index is -0.652. The number of hydrogen-bond donors (Lipinski definition) is 1. The van der Waals surface area contributed by atoms with E-state index in [-0.39, 0.29) is 0 Å². The van der Waals surface area contributed by atoms with Crippen LogP contribution in [-0.2, 0) is 4.79 Å². The van der Waals surface area contributed by atoms with Crippen LogP contribution in [0.1, 0.15) is 64.7 Å². The van der Waals surface area contributed by atoms with Gasteiger partial charge in [-0.15, -0.1) is 0 Å². The molecule has 3 nitrogen and oxygen atoms in total. The summed E-state index contributed by atoms with van der Waals surface area (Å²) in [6.07, 6.45) is 10.8. The molecule has 1 N–H and O–H groups in total. The van der Waals surface area contributed by atoms with Crippen LogP contribution in [0.3, 0.4) is 0 Å². The van der Waals surface area contributed by atoms with Gasteiger partial charge in [0.05, 0.1) is 6.42 Å². The number of carboxylic acid groups (broad SMARTS) is 1. The molecular formula is C15H27NO2. The van der Waals surface area contributed by atoms with Gasteiger partial charge in [0, 0.05) is 18.6 Å². The van der Waals surface area contributed by atoms with E-state index in [0.29, 0.717) is 18.5 Å². The highest BCUT2D eigenvalue weighted by Gasteiger charge is 2.34. The van der Waals surface area contributed by atoms with E-state index in [0.717, 1.165) is 12.5 Å². The molecule has 0 amide bonds. The number of rotatable bonds is 6. The summed E-state index contributed by atoms with van der Waals surface area (Å²) in [7, 11) is 0. The molecule has 2 unspecified atom stereocenters. The van der Waals surface area contributed by atoms with Crippen molar-refractivity contribution >= 4 is 5.97 Å². The molecule has 0 heterocycles. The van der Waals surface area contributed by atoms with Crippen LogP contribution in [0.5, 0.6) is 0 Å². The quantitative estimate of drug-likeness (QED) is 0.738. The second-order valence-electron chi connectivity index (χ2n) is 6.05. The molecule has 18 heavy (non-hydrogen) atoms. The van der Waals surface area contributed by atoms with Crippen molar-refractivity contribution < 1.29 is 9.90 Å². The van der Waals surface area contributed by atoms with Crippen LogP contribution in [0.4, 0.5) is 0 Å². The van der Waals surface area contributed by atoms with E-state index in [1.54, 1.807) is 0 Å². The van der Waals surface area contributed by atoms with E-state index >= 15 is 0 Å². The molecule has 3 heteroatoms. The Hall–Kier alpha value is -0.570. The fourth-order valence-electron chi connectivity index (χ4n) is 3.39. The van der Waals surface area contributed by atoms with Gasteiger partial charge in [-0.2, -0.15) is 0 Å². The Balaban J connectivity index is 1.87. The standard InChI is InChI=1S/C15H27NO2/c1-2-12-4-3-5-13(7-6-12)16(14-8-9-14)11-10-15(17)18/h12-14H,2-11H2,1H3,(H,17,18). The predicted molar refractivity (Wildman–Crippen MR) is 72.6 cm³/mol. The van der Waals surface area contributed by atoms with Crippen LogP contribution >= 0.6 is 0 Å². The molecule has 0 radical (unpaired) electrons. The molecule has 2 fully saturated rings. The molecule has 2 atom stereocenters. The van der Waals surface area contributed by atoms with Crippen LogP contribution in [0.15, 0.2) is 0 Å². The third kappa shape index (κ3) is 3.98. The molecule has 2 aliphatic rings. The lowest BCUT2D eigenvalue weighted by Gasteiger charge is -2.30. The van der Waals surface area contributed by atoms with Crippen molar-refractivity contribution in [1.82, 2.24) is 4.90 Å². The van der Waals surface area contributed by atoms with Crippen molar-refractivity contribution in [3.8, 4) is 0 Å². The number of hydrogen-bond acceptors (Lipinski definition) is 2. The SMILES string of the molecule is CCC1CCCC(N(CCC(=O)O)C2CC2)CC1. The van der Waals surface area contributed by atoms with Crippen LogP contribution in [-0.4, -0.2) is 34.6 Å². The smallest absolute Gasteiger partial charge is 0.304 e. The van der Waals surface area contributed by atoms with E-state index in [2.05, 4.69) is 11.8 Å². The molecule has 2 saturated carbocycles. The summed E-state index contributed by atoms with van der Waals surface area (Å²) in [6, 6.07) is 1.36. The third-order valence-electron chi connectivity index (χ3n) is 4.70. The first-order chi connectivity index (χ1) is 8.70. The second-order valence-corrected chi connectivity index (χ2v) is 6.05. The Morgan fingerprint density at radius 2 is 1.78 bits per heavy atom. The van der Waals surface area contributed by atoms with E-state index < -0.39 is 5.97 Å². The zero-order valence-electron chi connectivity index (χ0n) is 11.6. The number of carboxylic acids is 1. The zero-order valence-corrected chi connectivity index (χ0v) is 11.6. The van der Waals surface area contributed by atoms with E-state index in [4.69, 9.17) is 5.11 Å². The molecule has 2 aliphatic carbocycles. The highest BCUT2D eigenvalue weighted by Crippen LogP contribution is 2.35.